The maximum absolute atomic E-state index is 12.8. The Balaban J connectivity index is 1.60. The molecule has 3 N–H and O–H groups in total. The van der Waals surface area contributed by atoms with Gasteiger partial charge >= 0.3 is 12.1 Å². The van der Waals surface area contributed by atoms with Crippen LogP contribution in [0.2, 0.25) is 0 Å². The molecule has 0 radical (unpaired) electrons. The third-order valence-electron chi connectivity index (χ3n) is 6.35. The zero-order chi connectivity index (χ0) is 25.0. The van der Waals surface area contributed by atoms with Crippen LogP contribution in [-0.2, 0) is 14.3 Å². The summed E-state index contributed by atoms with van der Waals surface area (Å²) in [6.07, 6.45) is -0.606. The first kappa shape index (κ1) is 25.3. The quantitative estimate of drug-likeness (QED) is 0.534. The van der Waals surface area contributed by atoms with Gasteiger partial charge in [0.2, 0.25) is 5.91 Å². The zero-order valence-corrected chi connectivity index (χ0v) is 20.4. The van der Waals surface area contributed by atoms with Crippen molar-refractivity contribution < 1.29 is 24.2 Å². The van der Waals surface area contributed by atoms with Gasteiger partial charge in [0.1, 0.15) is 12.6 Å². The monoisotopic (exact) mass is 466 g/mol. The Labute approximate surface area is 200 Å². The molecule has 7 nitrogen and oxygen atoms in total. The number of hydrogen-bond acceptors (Lipinski definition) is 4. The van der Waals surface area contributed by atoms with E-state index in [1.54, 1.807) is 20.8 Å². The van der Waals surface area contributed by atoms with Gasteiger partial charge in [-0.25, -0.2) is 9.59 Å². The fraction of sp³-hybridized carbons (Fsp3) is 0.444. The minimum Gasteiger partial charge on any atom is -0.480 e. The molecule has 2 atom stereocenters. The van der Waals surface area contributed by atoms with Gasteiger partial charge in [0.15, 0.2) is 0 Å². The predicted molar refractivity (Wildman–Crippen MR) is 130 cm³/mol. The highest BCUT2D eigenvalue weighted by Gasteiger charge is 2.35. The van der Waals surface area contributed by atoms with Gasteiger partial charge in [-0.1, -0.05) is 83.1 Å². The van der Waals surface area contributed by atoms with Crippen LogP contribution in [0.1, 0.15) is 51.7 Å². The van der Waals surface area contributed by atoms with E-state index >= 15 is 0 Å². The molecule has 2 amide bonds. The summed E-state index contributed by atoms with van der Waals surface area (Å²) in [4.78, 5) is 37.0. The fourth-order valence-corrected chi connectivity index (χ4v) is 4.37. The standard InChI is InChI=1S/C27H34N2O5/c1-16(2)21(24(30)29-23(25(31)32)27(3,4)5)14-28-26(33)34-15-22-19-12-8-6-10-17(19)18-11-7-9-13-20(18)22/h6-13,16,21-23H,14-15H2,1-5H3,(H,28,33)(H,29,30)(H,31,32). The second kappa shape index (κ2) is 10.3. The van der Waals surface area contributed by atoms with E-state index in [0.717, 1.165) is 22.3 Å². The van der Waals surface area contributed by atoms with Crippen molar-refractivity contribution in [2.24, 2.45) is 17.3 Å². The third kappa shape index (κ3) is 5.58. The Morgan fingerprint density at radius 3 is 1.97 bits per heavy atom. The SMILES string of the molecule is CC(C)C(CNC(=O)OCC1c2ccccc2-c2ccccc21)C(=O)NC(C(=O)O)C(C)(C)C. The molecule has 7 heteroatoms. The van der Waals surface area contributed by atoms with Crippen molar-refractivity contribution in [3.05, 3.63) is 59.7 Å². The highest BCUT2D eigenvalue weighted by Crippen LogP contribution is 2.44. The van der Waals surface area contributed by atoms with Crippen molar-refractivity contribution in [3.63, 3.8) is 0 Å². The van der Waals surface area contributed by atoms with Crippen molar-refractivity contribution in [2.75, 3.05) is 13.2 Å². The highest BCUT2D eigenvalue weighted by molar-refractivity contribution is 5.86. The lowest BCUT2D eigenvalue weighted by atomic mass is 9.85. The zero-order valence-electron chi connectivity index (χ0n) is 20.4. The molecule has 0 aliphatic heterocycles. The van der Waals surface area contributed by atoms with Crippen LogP contribution < -0.4 is 10.6 Å². The number of amides is 2. The van der Waals surface area contributed by atoms with E-state index in [0.29, 0.717) is 0 Å². The summed E-state index contributed by atoms with van der Waals surface area (Å²) in [5.41, 5.74) is 3.89. The number of carboxylic acid groups (broad SMARTS) is 1. The minimum atomic E-state index is -1.09. The number of hydrogen-bond donors (Lipinski definition) is 3. The maximum atomic E-state index is 12.8. The molecule has 1 aliphatic carbocycles. The topological polar surface area (TPSA) is 105 Å². The van der Waals surface area contributed by atoms with E-state index in [1.807, 2.05) is 38.1 Å². The average molecular weight is 467 g/mol. The molecule has 0 heterocycles. The van der Waals surface area contributed by atoms with E-state index in [1.165, 1.54) is 0 Å². The first-order valence-corrected chi connectivity index (χ1v) is 11.6. The second-order valence-corrected chi connectivity index (χ2v) is 10.2. The molecule has 0 bridgehead atoms. The summed E-state index contributed by atoms with van der Waals surface area (Å²) < 4.78 is 5.55. The van der Waals surface area contributed by atoms with Gasteiger partial charge in [-0.2, -0.15) is 0 Å². The lowest BCUT2D eigenvalue weighted by molar-refractivity contribution is -0.145. The number of carbonyl (C=O) groups excluding carboxylic acids is 2. The van der Waals surface area contributed by atoms with Crippen LogP contribution in [0.15, 0.2) is 48.5 Å². The molecule has 34 heavy (non-hydrogen) atoms. The van der Waals surface area contributed by atoms with E-state index in [9.17, 15) is 19.5 Å². The minimum absolute atomic E-state index is 0.0505. The van der Waals surface area contributed by atoms with Gasteiger partial charge in [0.05, 0.1) is 5.92 Å². The number of carbonyl (C=O) groups is 3. The van der Waals surface area contributed by atoms with Gasteiger partial charge in [-0.05, 0) is 33.6 Å². The maximum Gasteiger partial charge on any atom is 0.407 e. The van der Waals surface area contributed by atoms with Gasteiger partial charge in [0, 0.05) is 12.5 Å². The van der Waals surface area contributed by atoms with Crippen LogP contribution >= 0.6 is 0 Å². The van der Waals surface area contributed by atoms with Crippen molar-refractivity contribution in [2.45, 2.75) is 46.6 Å². The highest BCUT2D eigenvalue weighted by atomic mass is 16.5. The van der Waals surface area contributed by atoms with Crippen molar-refractivity contribution in [1.82, 2.24) is 10.6 Å². The smallest absolute Gasteiger partial charge is 0.407 e. The lowest BCUT2D eigenvalue weighted by Gasteiger charge is -2.30. The largest absolute Gasteiger partial charge is 0.480 e. The molecule has 0 saturated carbocycles. The molecule has 1 aliphatic rings. The average Bonchev–Trinajstić information content (AvgIpc) is 3.08. The first-order valence-electron chi connectivity index (χ1n) is 11.6. The fourth-order valence-electron chi connectivity index (χ4n) is 4.37. The summed E-state index contributed by atoms with van der Waals surface area (Å²) in [5.74, 6) is -2.25. The van der Waals surface area contributed by atoms with Gasteiger partial charge in [0.25, 0.3) is 0 Å². The second-order valence-electron chi connectivity index (χ2n) is 10.2. The molecule has 0 spiro atoms. The third-order valence-corrected chi connectivity index (χ3v) is 6.35. The normalized spacial score (nSPS) is 14.6. The molecular weight excluding hydrogens is 432 g/mol. The van der Waals surface area contributed by atoms with Gasteiger partial charge in [-0.15, -0.1) is 0 Å². The van der Waals surface area contributed by atoms with Crippen LogP contribution in [0.3, 0.4) is 0 Å². The molecule has 3 rings (SSSR count). The van der Waals surface area contributed by atoms with Crippen LogP contribution in [0.5, 0.6) is 0 Å². The van der Waals surface area contributed by atoms with Crippen LogP contribution in [-0.4, -0.2) is 42.3 Å². The number of carboxylic acids is 1. The Bertz CT molecular complexity index is 1010. The molecule has 2 unspecified atom stereocenters. The Hall–Kier alpha value is -3.35. The number of benzene rings is 2. The molecule has 182 valence electrons. The summed E-state index contributed by atoms with van der Waals surface area (Å²) in [7, 11) is 0. The molecule has 0 fully saturated rings. The van der Waals surface area contributed by atoms with E-state index in [2.05, 4.69) is 34.9 Å². The van der Waals surface area contributed by atoms with Gasteiger partial charge in [-0.3, -0.25) is 4.79 Å². The number of rotatable bonds is 8. The summed E-state index contributed by atoms with van der Waals surface area (Å²) in [5, 5.41) is 14.8. The van der Waals surface area contributed by atoms with E-state index in [4.69, 9.17) is 4.74 Å². The van der Waals surface area contributed by atoms with Gasteiger partial charge < -0.3 is 20.5 Å². The predicted octanol–water partition coefficient (Wildman–Crippen LogP) is 4.41. The van der Waals surface area contributed by atoms with Crippen LogP contribution in [0, 0.1) is 17.3 Å². The summed E-state index contributed by atoms with van der Waals surface area (Å²) in [6.45, 7) is 9.22. The van der Waals surface area contributed by atoms with Crippen molar-refractivity contribution in [3.8, 4) is 11.1 Å². The molecule has 0 saturated heterocycles. The summed E-state index contributed by atoms with van der Waals surface area (Å²) in [6, 6.07) is 15.2. The molecule has 0 aromatic heterocycles. The molecular formula is C27H34N2O5. The lowest BCUT2D eigenvalue weighted by Crippen LogP contribution is -2.52. The Kier molecular flexibility index (Phi) is 7.64. The number of ether oxygens (including phenoxy) is 1. The first-order chi connectivity index (χ1) is 16.0. The Morgan fingerprint density at radius 1 is 0.971 bits per heavy atom. The Morgan fingerprint density at radius 2 is 1.50 bits per heavy atom. The number of fused-ring (bicyclic) bond motifs is 3. The van der Waals surface area contributed by atoms with E-state index in [-0.39, 0.29) is 25.0 Å². The van der Waals surface area contributed by atoms with Crippen molar-refractivity contribution in [1.29, 1.82) is 0 Å². The summed E-state index contributed by atoms with van der Waals surface area (Å²) >= 11 is 0. The van der Waals surface area contributed by atoms with Crippen LogP contribution in [0.4, 0.5) is 4.79 Å². The van der Waals surface area contributed by atoms with Crippen molar-refractivity contribution >= 4 is 18.0 Å². The molecule has 2 aromatic rings. The van der Waals surface area contributed by atoms with E-state index < -0.39 is 35.3 Å². The number of aliphatic carboxylic acids is 1. The molecule has 2 aromatic carbocycles. The number of nitrogens with one attached hydrogen (secondary N) is 2. The number of alkyl carbamates (subject to hydrolysis) is 1. The van der Waals surface area contributed by atoms with Crippen LogP contribution in [0.25, 0.3) is 11.1 Å².